The molecule has 0 aliphatic rings. The van der Waals surface area contributed by atoms with Crippen LogP contribution in [0.4, 0.5) is 5.69 Å². The second-order valence-electron chi connectivity index (χ2n) is 6.87. The molecule has 8 heteroatoms. The SMILES string of the molecule is Cc1c(C(=O)Nc2ccc(OCCCN(C)C)cc2)nnn1-c1ccccc1Cl. The third-order valence-electron chi connectivity index (χ3n) is 4.32. The van der Waals surface area contributed by atoms with Gasteiger partial charge in [0.25, 0.3) is 5.91 Å². The molecule has 3 aromatic rings. The Morgan fingerprint density at radius 1 is 1.17 bits per heavy atom. The number of carbonyl (C=O) groups excluding carboxylic acids is 1. The van der Waals surface area contributed by atoms with E-state index in [0.717, 1.165) is 18.7 Å². The molecule has 0 aliphatic heterocycles. The normalized spacial score (nSPS) is 10.9. The highest BCUT2D eigenvalue weighted by molar-refractivity contribution is 6.32. The molecule has 152 valence electrons. The molecule has 3 rings (SSSR count). The van der Waals surface area contributed by atoms with E-state index in [-0.39, 0.29) is 11.6 Å². The number of hydrogen-bond acceptors (Lipinski definition) is 5. The molecule has 1 heterocycles. The van der Waals surface area contributed by atoms with Gasteiger partial charge in [-0.15, -0.1) is 5.10 Å². The van der Waals surface area contributed by atoms with Crippen LogP contribution >= 0.6 is 11.6 Å². The smallest absolute Gasteiger partial charge is 0.278 e. The van der Waals surface area contributed by atoms with Crippen LogP contribution in [-0.4, -0.2) is 53.0 Å². The van der Waals surface area contributed by atoms with Gasteiger partial charge < -0.3 is 15.0 Å². The average molecular weight is 414 g/mol. The molecule has 1 N–H and O–H groups in total. The Morgan fingerprint density at radius 2 is 1.90 bits per heavy atom. The Bertz CT molecular complexity index is 969. The van der Waals surface area contributed by atoms with E-state index >= 15 is 0 Å². The van der Waals surface area contributed by atoms with Crippen LogP contribution in [0.25, 0.3) is 5.69 Å². The fraction of sp³-hybridized carbons (Fsp3) is 0.286. The van der Waals surface area contributed by atoms with Crippen molar-refractivity contribution < 1.29 is 9.53 Å². The van der Waals surface area contributed by atoms with Crippen LogP contribution in [0.3, 0.4) is 0 Å². The van der Waals surface area contributed by atoms with Crippen LogP contribution in [0, 0.1) is 6.92 Å². The minimum atomic E-state index is -0.333. The Hall–Kier alpha value is -2.90. The topological polar surface area (TPSA) is 72.3 Å². The van der Waals surface area contributed by atoms with Crippen molar-refractivity contribution in [1.82, 2.24) is 19.9 Å². The van der Waals surface area contributed by atoms with Crippen molar-refractivity contribution >= 4 is 23.2 Å². The lowest BCUT2D eigenvalue weighted by molar-refractivity contribution is 0.102. The van der Waals surface area contributed by atoms with Crippen molar-refractivity contribution in [1.29, 1.82) is 0 Å². The average Bonchev–Trinajstić information content (AvgIpc) is 3.08. The molecule has 0 saturated carbocycles. The molecule has 7 nitrogen and oxygen atoms in total. The maximum Gasteiger partial charge on any atom is 0.278 e. The highest BCUT2D eigenvalue weighted by atomic mass is 35.5. The van der Waals surface area contributed by atoms with E-state index < -0.39 is 0 Å². The van der Waals surface area contributed by atoms with Gasteiger partial charge in [0, 0.05) is 12.2 Å². The number of anilines is 1. The first-order valence-corrected chi connectivity index (χ1v) is 9.69. The maximum atomic E-state index is 12.6. The highest BCUT2D eigenvalue weighted by Gasteiger charge is 2.18. The Labute approximate surface area is 175 Å². The van der Waals surface area contributed by atoms with Crippen molar-refractivity contribution in [3.63, 3.8) is 0 Å². The second-order valence-corrected chi connectivity index (χ2v) is 7.28. The van der Waals surface area contributed by atoms with Crippen LogP contribution in [0.1, 0.15) is 22.6 Å². The molecule has 0 spiro atoms. The number of rotatable bonds is 8. The summed E-state index contributed by atoms with van der Waals surface area (Å²) >= 11 is 6.22. The molecule has 0 fully saturated rings. The quantitative estimate of drug-likeness (QED) is 0.568. The third-order valence-corrected chi connectivity index (χ3v) is 4.64. The minimum Gasteiger partial charge on any atom is -0.494 e. The number of hydrogen-bond donors (Lipinski definition) is 1. The molecule has 0 bridgehead atoms. The van der Waals surface area contributed by atoms with Crippen LogP contribution in [-0.2, 0) is 0 Å². The fourth-order valence-electron chi connectivity index (χ4n) is 2.79. The van der Waals surface area contributed by atoms with E-state index in [1.165, 1.54) is 0 Å². The molecular formula is C21H24ClN5O2. The number of nitrogens with zero attached hydrogens (tertiary/aromatic N) is 4. The number of nitrogens with one attached hydrogen (secondary N) is 1. The van der Waals surface area contributed by atoms with Crippen molar-refractivity contribution in [2.45, 2.75) is 13.3 Å². The van der Waals surface area contributed by atoms with Gasteiger partial charge in [0.05, 0.1) is 23.0 Å². The lowest BCUT2D eigenvalue weighted by Crippen LogP contribution is -2.15. The molecule has 0 aliphatic carbocycles. The van der Waals surface area contributed by atoms with Gasteiger partial charge in [0.2, 0.25) is 0 Å². The lowest BCUT2D eigenvalue weighted by Gasteiger charge is -2.11. The summed E-state index contributed by atoms with van der Waals surface area (Å²) < 4.78 is 7.26. The summed E-state index contributed by atoms with van der Waals surface area (Å²) in [6, 6.07) is 14.5. The third kappa shape index (κ3) is 5.34. The predicted octanol–water partition coefficient (Wildman–Crippen LogP) is 3.81. The zero-order valence-corrected chi connectivity index (χ0v) is 17.5. The zero-order valence-electron chi connectivity index (χ0n) is 16.7. The summed E-state index contributed by atoms with van der Waals surface area (Å²) in [5, 5.41) is 11.5. The molecule has 1 aromatic heterocycles. The van der Waals surface area contributed by atoms with Crippen LogP contribution in [0.15, 0.2) is 48.5 Å². The minimum absolute atomic E-state index is 0.244. The Morgan fingerprint density at radius 3 is 2.59 bits per heavy atom. The van der Waals surface area contributed by atoms with Gasteiger partial charge in [-0.25, -0.2) is 4.68 Å². The van der Waals surface area contributed by atoms with E-state index in [4.69, 9.17) is 16.3 Å². The summed E-state index contributed by atoms with van der Waals surface area (Å²) in [5.74, 6) is 0.433. The number of amides is 1. The number of aromatic nitrogens is 3. The largest absolute Gasteiger partial charge is 0.494 e. The van der Waals surface area contributed by atoms with E-state index in [1.807, 2.05) is 44.4 Å². The summed E-state index contributed by atoms with van der Waals surface area (Å²) in [7, 11) is 4.07. The summed E-state index contributed by atoms with van der Waals surface area (Å²) in [6.07, 6.45) is 0.950. The van der Waals surface area contributed by atoms with E-state index in [2.05, 4.69) is 20.5 Å². The van der Waals surface area contributed by atoms with Gasteiger partial charge in [0.1, 0.15) is 5.75 Å². The van der Waals surface area contributed by atoms with Gasteiger partial charge in [-0.3, -0.25) is 4.79 Å². The van der Waals surface area contributed by atoms with Crippen LogP contribution in [0.2, 0.25) is 5.02 Å². The number of ether oxygens (including phenoxy) is 1. The van der Waals surface area contributed by atoms with Crippen molar-refractivity contribution in [2.24, 2.45) is 0 Å². The van der Waals surface area contributed by atoms with Gasteiger partial charge in [-0.2, -0.15) is 0 Å². The summed E-state index contributed by atoms with van der Waals surface area (Å²) in [6.45, 7) is 3.40. The molecule has 29 heavy (non-hydrogen) atoms. The molecule has 2 aromatic carbocycles. The number of halogens is 1. The first-order chi connectivity index (χ1) is 14.0. The number of carbonyl (C=O) groups is 1. The van der Waals surface area contributed by atoms with Gasteiger partial charge in [-0.05, 0) is 63.8 Å². The van der Waals surface area contributed by atoms with E-state index in [0.29, 0.717) is 28.7 Å². The first-order valence-electron chi connectivity index (χ1n) is 9.32. The van der Waals surface area contributed by atoms with Crippen molar-refractivity contribution in [3.8, 4) is 11.4 Å². The first kappa shape index (κ1) is 20.8. The van der Waals surface area contributed by atoms with E-state index in [1.54, 1.807) is 29.8 Å². The van der Waals surface area contributed by atoms with E-state index in [9.17, 15) is 4.79 Å². The van der Waals surface area contributed by atoms with Crippen LogP contribution < -0.4 is 10.1 Å². The molecule has 0 radical (unpaired) electrons. The predicted molar refractivity (Wildman–Crippen MR) is 114 cm³/mol. The van der Waals surface area contributed by atoms with Crippen molar-refractivity contribution in [2.75, 3.05) is 32.6 Å². The fourth-order valence-corrected chi connectivity index (χ4v) is 3.00. The number of para-hydroxylation sites is 1. The number of benzene rings is 2. The van der Waals surface area contributed by atoms with Gasteiger partial charge in [-0.1, -0.05) is 28.9 Å². The van der Waals surface area contributed by atoms with Gasteiger partial charge >= 0.3 is 0 Å². The van der Waals surface area contributed by atoms with Crippen molar-refractivity contribution in [3.05, 3.63) is 64.9 Å². The molecule has 1 amide bonds. The van der Waals surface area contributed by atoms with Crippen LogP contribution in [0.5, 0.6) is 5.75 Å². The van der Waals surface area contributed by atoms with Gasteiger partial charge in [0.15, 0.2) is 5.69 Å². The maximum absolute atomic E-state index is 12.6. The molecule has 0 atom stereocenters. The Balaban J connectivity index is 1.63. The lowest BCUT2D eigenvalue weighted by atomic mass is 10.2. The highest BCUT2D eigenvalue weighted by Crippen LogP contribution is 2.22. The second kappa shape index (κ2) is 9.54. The Kier molecular flexibility index (Phi) is 6.85. The standard InChI is InChI=1S/C21H24ClN5O2/c1-15-20(24-25-27(15)19-8-5-4-7-18(19)22)21(28)23-16-9-11-17(12-10-16)29-14-6-13-26(2)3/h4-5,7-12H,6,13-14H2,1-3H3,(H,23,28). The molecular weight excluding hydrogens is 390 g/mol. The zero-order chi connectivity index (χ0) is 20.8. The monoisotopic (exact) mass is 413 g/mol. The molecule has 0 saturated heterocycles. The summed E-state index contributed by atoms with van der Waals surface area (Å²) in [4.78, 5) is 14.7. The molecule has 0 unspecified atom stereocenters. The summed E-state index contributed by atoms with van der Waals surface area (Å²) in [5.41, 5.74) is 2.18.